The summed E-state index contributed by atoms with van der Waals surface area (Å²) in [6, 6.07) is 5.35. The standard InChI is InChI=1S/C27H30F3N7O/c1-14(18-7-6-8-19(22(18)28)23(29)30)32-24-21-11-20(17-9-10-37(16(3)38)27(4,5)12-17)26-35-31-13-36(26)25(21)34-15(2)33-24/h6-8,11,13-14,17,23H,9-10,12H2,1-5H3,(H,32,33,34)/t14-,17?/m1/s1. The number of alkyl halides is 2. The van der Waals surface area contributed by atoms with Crippen molar-refractivity contribution in [2.75, 3.05) is 11.9 Å². The number of anilines is 1. The summed E-state index contributed by atoms with van der Waals surface area (Å²) in [5.41, 5.74) is 1.37. The fourth-order valence-electron chi connectivity index (χ4n) is 5.71. The Morgan fingerprint density at radius 1 is 1.18 bits per heavy atom. The molecule has 0 bridgehead atoms. The molecule has 38 heavy (non-hydrogen) atoms. The molecule has 4 aromatic rings. The third-order valence-electron chi connectivity index (χ3n) is 7.48. The minimum absolute atomic E-state index is 0.0482. The monoisotopic (exact) mass is 525 g/mol. The van der Waals surface area contributed by atoms with Crippen LogP contribution in [0.2, 0.25) is 0 Å². The average molecular weight is 526 g/mol. The molecule has 1 N–H and O–H groups in total. The lowest BCUT2D eigenvalue weighted by molar-refractivity contribution is -0.136. The van der Waals surface area contributed by atoms with E-state index >= 15 is 0 Å². The highest BCUT2D eigenvalue weighted by Gasteiger charge is 2.38. The molecule has 8 nitrogen and oxygen atoms in total. The van der Waals surface area contributed by atoms with Crippen LogP contribution in [0.15, 0.2) is 30.6 Å². The molecular weight excluding hydrogens is 495 g/mol. The van der Waals surface area contributed by atoms with Crippen LogP contribution < -0.4 is 5.32 Å². The highest BCUT2D eigenvalue weighted by molar-refractivity contribution is 5.90. The molecular formula is C27H30F3N7O. The number of halogens is 3. The predicted octanol–water partition coefficient (Wildman–Crippen LogP) is 5.74. The number of fused-ring (bicyclic) bond motifs is 3. The topological polar surface area (TPSA) is 88.3 Å². The van der Waals surface area contributed by atoms with Gasteiger partial charge in [-0.1, -0.05) is 18.2 Å². The first-order valence-electron chi connectivity index (χ1n) is 12.6. The van der Waals surface area contributed by atoms with Gasteiger partial charge in [0.2, 0.25) is 5.91 Å². The molecule has 1 unspecified atom stereocenters. The largest absolute Gasteiger partial charge is 0.363 e. The summed E-state index contributed by atoms with van der Waals surface area (Å²) in [6.45, 7) is 9.79. The Kier molecular flexibility index (Phi) is 6.48. The SMILES string of the molecule is CC(=O)N1CCC(c2cc3c(N[C@H](C)c4cccc(C(F)F)c4F)nc(C)nc3n3cnnc23)CC1(C)C. The number of likely N-dealkylation sites (tertiary alicyclic amines) is 1. The van der Waals surface area contributed by atoms with E-state index in [9.17, 15) is 18.0 Å². The van der Waals surface area contributed by atoms with Crippen LogP contribution >= 0.6 is 0 Å². The van der Waals surface area contributed by atoms with Crippen LogP contribution in [0.1, 0.15) is 81.4 Å². The van der Waals surface area contributed by atoms with Gasteiger partial charge in [-0.2, -0.15) is 0 Å². The molecule has 3 aromatic heterocycles. The van der Waals surface area contributed by atoms with Crippen molar-refractivity contribution in [1.29, 1.82) is 0 Å². The Hall–Kier alpha value is -3.76. The lowest BCUT2D eigenvalue weighted by Gasteiger charge is -2.45. The highest BCUT2D eigenvalue weighted by atomic mass is 19.3. The van der Waals surface area contributed by atoms with Crippen molar-refractivity contribution in [3.05, 3.63) is 58.9 Å². The molecule has 11 heteroatoms. The molecule has 1 aliphatic rings. The number of pyridine rings is 1. The van der Waals surface area contributed by atoms with E-state index in [2.05, 4.69) is 39.3 Å². The number of hydrogen-bond donors (Lipinski definition) is 1. The Morgan fingerprint density at radius 3 is 2.61 bits per heavy atom. The Balaban J connectivity index is 1.60. The predicted molar refractivity (Wildman–Crippen MR) is 138 cm³/mol. The number of aryl methyl sites for hydroxylation is 1. The fourth-order valence-corrected chi connectivity index (χ4v) is 5.71. The molecule has 0 spiro atoms. The van der Waals surface area contributed by atoms with Crippen LogP contribution in [0, 0.1) is 12.7 Å². The van der Waals surface area contributed by atoms with Crippen LogP contribution in [0.5, 0.6) is 0 Å². The number of nitrogens with one attached hydrogen (secondary N) is 1. The van der Waals surface area contributed by atoms with Crippen LogP contribution in [0.4, 0.5) is 19.0 Å². The number of hydrogen-bond acceptors (Lipinski definition) is 6. The lowest BCUT2D eigenvalue weighted by atomic mass is 9.79. The van der Waals surface area contributed by atoms with Gasteiger partial charge in [-0.05, 0) is 52.5 Å². The second kappa shape index (κ2) is 9.52. The van der Waals surface area contributed by atoms with Gasteiger partial charge < -0.3 is 10.2 Å². The third-order valence-corrected chi connectivity index (χ3v) is 7.48. The van der Waals surface area contributed by atoms with Crippen molar-refractivity contribution in [1.82, 2.24) is 29.5 Å². The summed E-state index contributed by atoms with van der Waals surface area (Å²) in [6.07, 6.45) is 0.183. The first-order valence-corrected chi connectivity index (χ1v) is 12.6. The number of rotatable bonds is 5. The summed E-state index contributed by atoms with van der Waals surface area (Å²) < 4.78 is 43.3. The second-order valence-electron chi connectivity index (χ2n) is 10.6. The van der Waals surface area contributed by atoms with Gasteiger partial charge in [0.05, 0.1) is 17.0 Å². The van der Waals surface area contributed by atoms with Crippen molar-refractivity contribution in [3.8, 4) is 0 Å². The number of nitrogens with zero attached hydrogens (tertiary/aromatic N) is 6. The summed E-state index contributed by atoms with van der Waals surface area (Å²) in [5.74, 6) is 0.154. The van der Waals surface area contributed by atoms with E-state index in [0.29, 0.717) is 34.9 Å². The van der Waals surface area contributed by atoms with Crippen molar-refractivity contribution in [2.24, 2.45) is 0 Å². The number of aromatic nitrogens is 5. The molecule has 5 rings (SSSR count). The summed E-state index contributed by atoms with van der Waals surface area (Å²) in [4.78, 5) is 23.3. The quantitative estimate of drug-likeness (QED) is 0.358. The van der Waals surface area contributed by atoms with Crippen molar-refractivity contribution in [3.63, 3.8) is 0 Å². The van der Waals surface area contributed by atoms with Gasteiger partial charge in [0.25, 0.3) is 6.43 Å². The van der Waals surface area contributed by atoms with Crippen LogP contribution in [0.3, 0.4) is 0 Å². The Labute approximate surface area is 218 Å². The molecule has 2 atom stereocenters. The molecule has 200 valence electrons. The first kappa shape index (κ1) is 25.9. The molecule has 1 aliphatic heterocycles. The number of amides is 1. The highest BCUT2D eigenvalue weighted by Crippen LogP contribution is 2.40. The average Bonchev–Trinajstić information content (AvgIpc) is 3.33. The van der Waals surface area contributed by atoms with Gasteiger partial charge in [-0.15, -0.1) is 10.2 Å². The van der Waals surface area contributed by atoms with Gasteiger partial charge in [-0.25, -0.2) is 23.1 Å². The van der Waals surface area contributed by atoms with E-state index in [1.165, 1.54) is 12.1 Å². The number of benzene rings is 1. The first-order chi connectivity index (χ1) is 18.0. The van der Waals surface area contributed by atoms with Gasteiger partial charge in [0.15, 0.2) is 11.3 Å². The fraction of sp³-hybridized carbons (Fsp3) is 0.444. The van der Waals surface area contributed by atoms with Gasteiger partial charge in [0, 0.05) is 30.1 Å². The van der Waals surface area contributed by atoms with Crippen molar-refractivity contribution in [2.45, 2.75) is 71.4 Å². The summed E-state index contributed by atoms with van der Waals surface area (Å²) >= 11 is 0. The van der Waals surface area contributed by atoms with E-state index < -0.39 is 23.8 Å². The van der Waals surface area contributed by atoms with E-state index in [-0.39, 0.29) is 22.9 Å². The van der Waals surface area contributed by atoms with Crippen LogP contribution in [0.25, 0.3) is 16.7 Å². The zero-order chi connectivity index (χ0) is 27.4. The summed E-state index contributed by atoms with van der Waals surface area (Å²) in [7, 11) is 0. The lowest BCUT2D eigenvalue weighted by Crippen LogP contribution is -2.51. The molecule has 1 saturated heterocycles. The second-order valence-corrected chi connectivity index (χ2v) is 10.6. The molecule has 0 radical (unpaired) electrons. The molecule has 4 heterocycles. The zero-order valence-electron chi connectivity index (χ0n) is 22.0. The smallest absolute Gasteiger partial charge is 0.266 e. The maximum atomic E-state index is 14.9. The number of piperidine rings is 1. The molecule has 1 fully saturated rings. The molecule has 0 saturated carbocycles. The van der Waals surface area contributed by atoms with Crippen molar-refractivity contribution >= 4 is 28.4 Å². The van der Waals surface area contributed by atoms with Gasteiger partial charge in [0.1, 0.15) is 23.8 Å². The Morgan fingerprint density at radius 2 is 1.92 bits per heavy atom. The molecule has 0 aliphatic carbocycles. The van der Waals surface area contributed by atoms with Gasteiger partial charge >= 0.3 is 0 Å². The normalized spacial score (nSPS) is 18.3. The van der Waals surface area contributed by atoms with Gasteiger partial charge in [-0.3, -0.25) is 9.20 Å². The minimum atomic E-state index is -2.91. The van der Waals surface area contributed by atoms with Crippen molar-refractivity contribution < 1.29 is 18.0 Å². The van der Waals surface area contributed by atoms with E-state index in [4.69, 9.17) is 0 Å². The number of carbonyl (C=O) groups is 1. The van der Waals surface area contributed by atoms with Crippen LogP contribution in [-0.2, 0) is 4.79 Å². The Bertz CT molecular complexity index is 1530. The third kappa shape index (κ3) is 4.43. The maximum Gasteiger partial charge on any atom is 0.266 e. The van der Waals surface area contributed by atoms with E-state index in [0.717, 1.165) is 24.5 Å². The van der Waals surface area contributed by atoms with E-state index in [1.54, 1.807) is 27.1 Å². The van der Waals surface area contributed by atoms with E-state index in [1.807, 2.05) is 15.4 Å². The zero-order valence-corrected chi connectivity index (χ0v) is 22.0. The van der Waals surface area contributed by atoms with Crippen LogP contribution in [-0.4, -0.2) is 47.5 Å². The molecule has 1 aromatic carbocycles. The minimum Gasteiger partial charge on any atom is -0.363 e. The molecule has 1 amide bonds. The maximum absolute atomic E-state index is 14.9. The number of carbonyl (C=O) groups excluding carboxylic acids is 1. The summed E-state index contributed by atoms with van der Waals surface area (Å²) in [5, 5.41) is 12.4.